The number of pyridine rings is 1. The van der Waals surface area contributed by atoms with Gasteiger partial charge in [0.15, 0.2) is 0 Å². The topological polar surface area (TPSA) is 3.88 Å². The zero-order chi connectivity index (χ0) is 17.4. The van der Waals surface area contributed by atoms with Gasteiger partial charge in [-0.05, 0) is 47.6 Å². The van der Waals surface area contributed by atoms with Crippen LogP contribution >= 0.6 is 0 Å². The van der Waals surface area contributed by atoms with Crippen LogP contribution in [0.2, 0.25) is 0 Å². The minimum atomic E-state index is 0.501. The molecule has 0 atom stereocenters. The van der Waals surface area contributed by atoms with E-state index in [1.807, 2.05) is 0 Å². The summed E-state index contributed by atoms with van der Waals surface area (Å²) in [7, 11) is 2.19. The second-order valence-corrected chi connectivity index (χ2v) is 7.44. The van der Waals surface area contributed by atoms with Crippen LogP contribution < -0.4 is 4.57 Å². The molecule has 1 nitrogen and oxygen atoms in total. The van der Waals surface area contributed by atoms with Gasteiger partial charge in [-0.3, -0.25) is 0 Å². The first-order valence-electron chi connectivity index (χ1n) is 8.92. The molecule has 0 unspecified atom stereocenters. The molecule has 0 saturated carbocycles. The Hall–Kier alpha value is -2.15. The maximum atomic E-state index is 2.38. The van der Waals surface area contributed by atoms with Crippen LogP contribution in [0.4, 0.5) is 0 Å². The van der Waals surface area contributed by atoms with E-state index in [0.29, 0.717) is 11.8 Å². The van der Waals surface area contributed by atoms with Crippen LogP contribution in [0.25, 0.3) is 22.2 Å². The maximum Gasteiger partial charge on any atom is 0.213 e. The van der Waals surface area contributed by atoms with Crippen molar-refractivity contribution in [3.8, 4) is 11.3 Å². The number of rotatable bonds is 3. The highest BCUT2D eigenvalue weighted by Crippen LogP contribution is 2.31. The van der Waals surface area contributed by atoms with Gasteiger partial charge in [-0.15, -0.1) is 0 Å². The van der Waals surface area contributed by atoms with Gasteiger partial charge in [-0.25, -0.2) is 0 Å². The lowest BCUT2D eigenvalue weighted by Gasteiger charge is -2.14. The van der Waals surface area contributed by atoms with Gasteiger partial charge in [-0.1, -0.05) is 52.0 Å². The van der Waals surface area contributed by atoms with Crippen LogP contribution in [0.3, 0.4) is 0 Å². The first-order chi connectivity index (χ1) is 11.4. The van der Waals surface area contributed by atoms with Crippen molar-refractivity contribution in [2.75, 3.05) is 0 Å². The summed E-state index contributed by atoms with van der Waals surface area (Å²) in [5.41, 5.74) is 8.09. The standard InChI is InChI=1S/C23H28N/c1-15(2)18-11-12-20-21(16(3)4)14-23(24(6)22(20)13-18)19-10-8-7-9-17(19)5/h7-16H,1-6H3/q+1. The second-order valence-electron chi connectivity index (χ2n) is 7.44. The number of fused-ring (bicyclic) bond motifs is 1. The lowest BCUT2D eigenvalue weighted by molar-refractivity contribution is -0.633. The molecule has 0 aliphatic heterocycles. The Kier molecular flexibility index (Phi) is 4.45. The molecule has 3 rings (SSSR count). The van der Waals surface area contributed by atoms with Crippen molar-refractivity contribution >= 4 is 10.9 Å². The number of benzene rings is 2. The van der Waals surface area contributed by atoms with Crippen molar-refractivity contribution in [3.63, 3.8) is 0 Å². The van der Waals surface area contributed by atoms with Crippen molar-refractivity contribution in [3.05, 3.63) is 65.2 Å². The zero-order valence-corrected chi connectivity index (χ0v) is 15.7. The molecule has 24 heavy (non-hydrogen) atoms. The van der Waals surface area contributed by atoms with Crippen molar-refractivity contribution in [2.24, 2.45) is 7.05 Å². The number of nitrogens with zero attached hydrogens (tertiary/aromatic N) is 1. The largest absolute Gasteiger partial charge is 0.213 e. The highest BCUT2D eigenvalue weighted by molar-refractivity contribution is 5.83. The molecule has 1 aromatic heterocycles. The summed E-state index contributed by atoms with van der Waals surface area (Å²) in [5, 5.41) is 1.37. The quantitative estimate of drug-likeness (QED) is 0.530. The van der Waals surface area contributed by atoms with Crippen molar-refractivity contribution < 1.29 is 4.57 Å². The molecule has 0 saturated heterocycles. The molecule has 124 valence electrons. The summed E-state index contributed by atoms with van der Waals surface area (Å²) in [6.45, 7) is 11.3. The first-order valence-corrected chi connectivity index (χ1v) is 8.92. The van der Waals surface area contributed by atoms with E-state index in [0.717, 1.165) is 0 Å². The third kappa shape index (κ3) is 2.84. The fraction of sp³-hybridized carbons (Fsp3) is 0.348. The van der Waals surface area contributed by atoms with Gasteiger partial charge >= 0.3 is 0 Å². The predicted molar refractivity (Wildman–Crippen MR) is 103 cm³/mol. The Morgan fingerprint density at radius 3 is 2.17 bits per heavy atom. The molecular formula is C23H28N+. The maximum absolute atomic E-state index is 2.38. The van der Waals surface area contributed by atoms with E-state index in [9.17, 15) is 0 Å². The molecular weight excluding hydrogens is 290 g/mol. The number of aromatic nitrogens is 1. The minimum Gasteiger partial charge on any atom is -0.194 e. The monoisotopic (exact) mass is 318 g/mol. The smallest absolute Gasteiger partial charge is 0.194 e. The van der Waals surface area contributed by atoms with E-state index >= 15 is 0 Å². The first kappa shape index (κ1) is 16.7. The Bertz CT molecular complexity index is 888. The molecule has 0 amide bonds. The van der Waals surface area contributed by atoms with Gasteiger partial charge in [0.2, 0.25) is 11.2 Å². The summed E-state index contributed by atoms with van der Waals surface area (Å²) in [6.07, 6.45) is 0. The molecule has 2 aromatic carbocycles. The zero-order valence-electron chi connectivity index (χ0n) is 15.7. The summed E-state index contributed by atoms with van der Waals surface area (Å²) in [6, 6.07) is 18.0. The van der Waals surface area contributed by atoms with Crippen molar-refractivity contribution in [2.45, 2.75) is 46.5 Å². The van der Waals surface area contributed by atoms with E-state index in [-0.39, 0.29) is 0 Å². The Balaban J connectivity index is 2.39. The van der Waals surface area contributed by atoms with Gasteiger partial charge in [0.25, 0.3) is 0 Å². The minimum absolute atomic E-state index is 0.501. The summed E-state index contributed by atoms with van der Waals surface area (Å²) in [5.74, 6) is 1.04. The summed E-state index contributed by atoms with van der Waals surface area (Å²) in [4.78, 5) is 0. The van der Waals surface area contributed by atoms with Gasteiger partial charge in [-0.2, -0.15) is 4.57 Å². The fourth-order valence-electron chi connectivity index (χ4n) is 3.48. The van der Waals surface area contributed by atoms with Crippen LogP contribution in [-0.4, -0.2) is 0 Å². The normalized spacial score (nSPS) is 11.7. The summed E-state index contributed by atoms with van der Waals surface area (Å²) < 4.78 is 2.36. The molecule has 0 fully saturated rings. The van der Waals surface area contributed by atoms with E-state index in [1.165, 1.54) is 38.9 Å². The molecule has 0 N–H and O–H groups in total. The van der Waals surface area contributed by atoms with E-state index < -0.39 is 0 Å². The molecule has 1 heterocycles. The molecule has 0 radical (unpaired) electrons. The molecule has 1 heteroatoms. The second kappa shape index (κ2) is 6.39. The SMILES string of the molecule is Cc1ccccc1-c1cc(C(C)C)c2ccc(C(C)C)cc2[n+]1C. The van der Waals surface area contributed by atoms with Gasteiger partial charge in [0, 0.05) is 23.1 Å². The van der Waals surface area contributed by atoms with Crippen LogP contribution in [0, 0.1) is 6.92 Å². The molecule has 3 aromatic rings. The lowest BCUT2D eigenvalue weighted by Crippen LogP contribution is -2.33. The predicted octanol–water partition coefficient (Wildman–Crippen LogP) is 5.89. The Morgan fingerprint density at radius 2 is 1.54 bits per heavy atom. The Labute approximate surface area is 146 Å². The van der Waals surface area contributed by atoms with Gasteiger partial charge in [0.05, 0.1) is 0 Å². The Morgan fingerprint density at radius 1 is 0.833 bits per heavy atom. The van der Waals surface area contributed by atoms with E-state index in [1.54, 1.807) is 0 Å². The van der Waals surface area contributed by atoms with Crippen molar-refractivity contribution in [1.82, 2.24) is 0 Å². The average Bonchev–Trinajstić information content (AvgIpc) is 2.55. The van der Waals surface area contributed by atoms with Crippen molar-refractivity contribution in [1.29, 1.82) is 0 Å². The number of hydrogen-bond acceptors (Lipinski definition) is 0. The van der Waals surface area contributed by atoms with Gasteiger partial charge in [0.1, 0.15) is 7.05 Å². The highest BCUT2D eigenvalue weighted by atomic mass is 14.9. The lowest BCUT2D eigenvalue weighted by atomic mass is 9.92. The number of hydrogen-bond donors (Lipinski definition) is 0. The van der Waals surface area contributed by atoms with E-state index in [2.05, 4.69) is 94.8 Å². The molecule has 0 bridgehead atoms. The average molecular weight is 318 g/mol. The van der Waals surface area contributed by atoms with Crippen LogP contribution in [0.15, 0.2) is 48.5 Å². The highest BCUT2D eigenvalue weighted by Gasteiger charge is 2.21. The number of aryl methyl sites for hydroxylation is 2. The van der Waals surface area contributed by atoms with E-state index in [4.69, 9.17) is 0 Å². The molecule has 0 spiro atoms. The molecule has 0 aliphatic carbocycles. The third-order valence-corrected chi connectivity index (χ3v) is 5.06. The molecule has 0 aliphatic rings. The third-order valence-electron chi connectivity index (χ3n) is 5.06. The van der Waals surface area contributed by atoms with Gasteiger partial charge < -0.3 is 0 Å². The van der Waals surface area contributed by atoms with Crippen LogP contribution in [0.1, 0.15) is 56.2 Å². The van der Waals surface area contributed by atoms with Crippen LogP contribution in [-0.2, 0) is 7.05 Å². The fourth-order valence-corrected chi connectivity index (χ4v) is 3.48. The summed E-state index contributed by atoms with van der Waals surface area (Å²) >= 11 is 0. The van der Waals surface area contributed by atoms with Crippen LogP contribution in [0.5, 0.6) is 0 Å².